The van der Waals surface area contributed by atoms with Gasteiger partial charge in [0.25, 0.3) is 0 Å². The third-order valence-electron chi connectivity index (χ3n) is 15.0. The van der Waals surface area contributed by atoms with Crippen molar-refractivity contribution in [2.45, 2.75) is 196 Å². The summed E-state index contributed by atoms with van der Waals surface area (Å²) in [5.74, 6) is 0.846. The van der Waals surface area contributed by atoms with Crippen LogP contribution in [0.2, 0.25) is 0 Å². The highest BCUT2D eigenvalue weighted by atomic mass is 16.4. The van der Waals surface area contributed by atoms with Crippen molar-refractivity contribution in [3.05, 3.63) is 12.3 Å². The first-order valence-corrected chi connectivity index (χ1v) is 27.8. The molecule has 0 rings (SSSR count). The van der Waals surface area contributed by atoms with E-state index < -0.39 is 5.97 Å². The molecule has 4 N–H and O–H groups in total. The van der Waals surface area contributed by atoms with E-state index >= 15 is 0 Å². The Morgan fingerprint density at radius 2 is 0.818 bits per heavy atom. The third-order valence-corrected chi connectivity index (χ3v) is 15.0. The summed E-state index contributed by atoms with van der Waals surface area (Å²) in [4.78, 5) is 40.4. The molecule has 0 aromatic heterocycles. The summed E-state index contributed by atoms with van der Waals surface area (Å²) in [6, 6.07) is 0. The number of quaternary nitrogens is 3. The van der Waals surface area contributed by atoms with Crippen LogP contribution in [0.25, 0.3) is 0 Å². The number of nitrogens with zero attached hydrogens (tertiary/aromatic N) is 3. The standard InChI is InChI=1S/C56H112N6O4/c1-15-20-28-47(6)31-35-52(55(65)58-39-26-44-61(11,12)42-24-19-5)51(30-22-17-3)34-36-53(56(66)59-40-27-45-62(13,14)46-37-54(63)64)50(29-21-16-2)33-32-48(7)49(8)57-38-25-43-60(9,10)41-23-18-4/h47-48,50-53,57H,8,15-46H2,1-7,9-14H3/p+3. The van der Waals surface area contributed by atoms with E-state index in [0.29, 0.717) is 29.4 Å². The number of allylic oxidation sites excluding steroid dienone is 1. The smallest absolute Gasteiger partial charge is 0.309 e. The van der Waals surface area contributed by atoms with Crippen LogP contribution in [-0.2, 0) is 14.4 Å². The Kier molecular flexibility index (Phi) is 35.6. The Morgan fingerprint density at radius 3 is 1.24 bits per heavy atom. The van der Waals surface area contributed by atoms with Gasteiger partial charge in [-0.05, 0) is 87.9 Å². The van der Waals surface area contributed by atoms with Gasteiger partial charge >= 0.3 is 5.97 Å². The number of hydrogen-bond donors (Lipinski definition) is 4. The van der Waals surface area contributed by atoms with E-state index in [0.717, 1.165) is 144 Å². The number of unbranched alkanes of at least 4 members (excludes halogenated alkanes) is 5. The monoisotopic (exact) mass is 936 g/mol. The first-order valence-electron chi connectivity index (χ1n) is 27.8. The minimum Gasteiger partial charge on any atom is -0.481 e. The van der Waals surface area contributed by atoms with Gasteiger partial charge in [-0.1, -0.05) is 113 Å². The highest BCUT2D eigenvalue weighted by Gasteiger charge is 2.33. The van der Waals surface area contributed by atoms with Crippen molar-refractivity contribution in [1.82, 2.24) is 16.0 Å². The molecule has 0 saturated carbocycles. The number of amides is 2. The molecule has 66 heavy (non-hydrogen) atoms. The second kappa shape index (κ2) is 36.8. The molecule has 10 nitrogen and oxygen atoms in total. The zero-order valence-electron chi connectivity index (χ0n) is 46.3. The molecule has 10 heteroatoms. The van der Waals surface area contributed by atoms with Crippen molar-refractivity contribution < 1.29 is 32.9 Å². The fourth-order valence-electron chi connectivity index (χ4n) is 9.92. The van der Waals surface area contributed by atoms with Crippen LogP contribution >= 0.6 is 0 Å². The molecular formula is C56H115N6O4+3. The number of hydrogen-bond acceptors (Lipinski definition) is 4. The normalized spacial score (nSPS) is 15.1. The van der Waals surface area contributed by atoms with Crippen LogP contribution < -0.4 is 16.0 Å². The molecule has 6 atom stereocenters. The molecule has 0 aromatic rings. The molecule has 2 amide bonds. The maximum atomic E-state index is 14.6. The summed E-state index contributed by atoms with van der Waals surface area (Å²) >= 11 is 0. The summed E-state index contributed by atoms with van der Waals surface area (Å²) in [6.45, 7) is 28.7. The highest BCUT2D eigenvalue weighted by Crippen LogP contribution is 2.36. The van der Waals surface area contributed by atoms with Crippen molar-refractivity contribution in [2.75, 3.05) is 101 Å². The molecule has 0 spiro atoms. The maximum Gasteiger partial charge on any atom is 0.309 e. The summed E-state index contributed by atoms with van der Waals surface area (Å²) in [6.07, 6.45) is 23.7. The van der Waals surface area contributed by atoms with Gasteiger partial charge in [-0.3, -0.25) is 14.4 Å². The number of aliphatic carboxylic acids is 1. The van der Waals surface area contributed by atoms with E-state index in [9.17, 15) is 19.5 Å². The van der Waals surface area contributed by atoms with Gasteiger partial charge in [0.05, 0.1) is 88.0 Å². The van der Waals surface area contributed by atoms with Crippen LogP contribution in [0, 0.1) is 35.5 Å². The van der Waals surface area contributed by atoms with Crippen LogP contribution in [0.5, 0.6) is 0 Å². The summed E-state index contributed by atoms with van der Waals surface area (Å²) in [5, 5.41) is 19.8. The number of carboxylic acids is 1. The highest BCUT2D eigenvalue weighted by molar-refractivity contribution is 5.79. The fraction of sp³-hybridized carbons (Fsp3) is 0.911. The second-order valence-corrected chi connectivity index (χ2v) is 23.0. The number of rotatable bonds is 45. The molecule has 0 bridgehead atoms. The molecule has 0 aromatic carbocycles. The van der Waals surface area contributed by atoms with Gasteiger partial charge in [0.15, 0.2) is 0 Å². The van der Waals surface area contributed by atoms with Gasteiger partial charge in [-0.25, -0.2) is 0 Å². The molecule has 0 saturated heterocycles. The Balaban J connectivity index is 6.48. The Morgan fingerprint density at radius 1 is 0.455 bits per heavy atom. The predicted molar refractivity (Wildman–Crippen MR) is 283 cm³/mol. The van der Waals surface area contributed by atoms with E-state index in [-0.39, 0.29) is 41.9 Å². The molecule has 0 aliphatic carbocycles. The molecule has 0 radical (unpaired) electrons. The summed E-state index contributed by atoms with van der Waals surface area (Å²) in [7, 11) is 13.5. The lowest BCUT2D eigenvalue weighted by molar-refractivity contribution is -0.890. The minimum atomic E-state index is -0.769. The molecule has 0 aliphatic rings. The Hall–Kier alpha value is -2.17. The van der Waals surface area contributed by atoms with Crippen LogP contribution in [0.4, 0.5) is 0 Å². The van der Waals surface area contributed by atoms with E-state index in [1.807, 2.05) is 0 Å². The maximum absolute atomic E-state index is 14.6. The lowest BCUT2D eigenvalue weighted by atomic mass is 9.74. The van der Waals surface area contributed by atoms with Gasteiger partial charge in [-0.2, -0.15) is 0 Å². The topological polar surface area (TPSA) is 108 Å². The first-order chi connectivity index (χ1) is 31.2. The molecule has 6 unspecified atom stereocenters. The molecule has 0 heterocycles. The first kappa shape index (κ1) is 63.8. The van der Waals surface area contributed by atoms with Gasteiger partial charge in [0.1, 0.15) is 0 Å². The lowest BCUT2D eigenvalue weighted by Gasteiger charge is -2.33. The largest absolute Gasteiger partial charge is 0.481 e. The van der Waals surface area contributed by atoms with Crippen LogP contribution in [-0.4, -0.2) is 138 Å². The Bertz CT molecular complexity index is 1270. The minimum absolute atomic E-state index is 0.0442. The third kappa shape index (κ3) is 31.8. The number of carboxylic acid groups (broad SMARTS) is 1. The second-order valence-electron chi connectivity index (χ2n) is 23.0. The predicted octanol–water partition coefficient (Wildman–Crippen LogP) is 11.4. The van der Waals surface area contributed by atoms with Crippen molar-refractivity contribution in [2.24, 2.45) is 35.5 Å². The van der Waals surface area contributed by atoms with Crippen LogP contribution in [0.15, 0.2) is 12.3 Å². The SMILES string of the molecule is C=C(NCCC[N+](C)(C)CCCC)C(C)CCC(CCCC)C(CCC(CCCC)C(CCC(C)CCCC)C(=O)NCCC[N+](C)(C)CCCC)C(=O)NCCC[N+](C)(C)CCC(=O)O. The molecule has 0 aliphatic heterocycles. The van der Waals surface area contributed by atoms with E-state index in [4.69, 9.17) is 0 Å². The number of carbonyl (C=O) groups is 3. The van der Waals surface area contributed by atoms with Crippen LogP contribution in [0.1, 0.15) is 196 Å². The van der Waals surface area contributed by atoms with Gasteiger partial charge in [0.2, 0.25) is 11.8 Å². The molecule has 390 valence electrons. The van der Waals surface area contributed by atoms with E-state index in [1.54, 1.807) is 0 Å². The summed E-state index contributed by atoms with van der Waals surface area (Å²) < 4.78 is 2.67. The van der Waals surface area contributed by atoms with Gasteiger partial charge in [0, 0.05) is 56.4 Å². The summed E-state index contributed by atoms with van der Waals surface area (Å²) in [5.41, 5.74) is 1.11. The van der Waals surface area contributed by atoms with Gasteiger partial charge in [-0.15, -0.1) is 0 Å². The van der Waals surface area contributed by atoms with Gasteiger partial charge < -0.3 is 34.5 Å². The average molecular weight is 937 g/mol. The lowest BCUT2D eigenvalue weighted by Crippen LogP contribution is -2.44. The molecular weight excluding hydrogens is 821 g/mol. The molecule has 0 fully saturated rings. The van der Waals surface area contributed by atoms with Crippen LogP contribution in [0.3, 0.4) is 0 Å². The Labute approximate surface area is 410 Å². The average Bonchev–Trinajstić information content (AvgIpc) is 3.27. The quantitative estimate of drug-likeness (QED) is 0.0359. The van der Waals surface area contributed by atoms with Crippen molar-refractivity contribution in [1.29, 1.82) is 0 Å². The number of carbonyl (C=O) groups excluding carboxylic acids is 2. The van der Waals surface area contributed by atoms with E-state index in [1.165, 1.54) is 58.0 Å². The van der Waals surface area contributed by atoms with Crippen molar-refractivity contribution >= 4 is 17.8 Å². The zero-order valence-corrected chi connectivity index (χ0v) is 46.3. The number of nitrogens with one attached hydrogen (secondary N) is 3. The zero-order chi connectivity index (χ0) is 50.0. The van der Waals surface area contributed by atoms with Crippen molar-refractivity contribution in [3.63, 3.8) is 0 Å². The fourth-order valence-corrected chi connectivity index (χ4v) is 9.92. The van der Waals surface area contributed by atoms with E-state index in [2.05, 4.69) is 113 Å². The van der Waals surface area contributed by atoms with Crippen molar-refractivity contribution in [3.8, 4) is 0 Å².